The van der Waals surface area contributed by atoms with Crippen molar-refractivity contribution in [3.8, 4) is 0 Å². The molecule has 2 rings (SSSR count). The van der Waals surface area contributed by atoms with Gasteiger partial charge < -0.3 is 5.32 Å². The van der Waals surface area contributed by atoms with Gasteiger partial charge in [-0.05, 0) is 24.6 Å². The Kier molecular flexibility index (Phi) is 5.57. The summed E-state index contributed by atoms with van der Waals surface area (Å²) in [7, 11) is 0. The van der Waals surface area contributed by atoms with Gasteiger partial charge >= 0.3 is 0 Å². The quantitative estimate of drug-likeness (QED) is 0.385. The molecule has 0 saturated heterocycles. The monoisotopic (exact) mass is 311 g/mol. The van der Waals surface area contributed by atoms with Gasteiger partial charge in [0.15, 0.2) is 0 Å². The van der Waals surface area contributed by atoms with Crippen molar-refractivity contribution in [1.82, 2.24) is 5.32 Å². The molecule has 23 heavy (non-hydrogen) atoms. The number of carbonyl (C=O) groups excluding carboxylic acids is 1. The van der Waals surface area contributed by atoms with E-state index in [9.17, 15) is 14.9 Å². The lowest BCUT2D eigenvalue weighted by Gasteiger charge is -2.03. The summed E-state index contributed by atoms with van der Waals surface area (Å²) in [5.74, 6) is -0.143. The second kappa shape index (κ2) is 7.84. The van der Waals surface area contributed by atoms with Crippen molar-refractivity contribution in [2.45, 2.75) is 6.92 Å². The molecule has 2 aromatic rings. The molecule has 2 aromatic carbocycles. The van der Waals surface area contributed by atoms with E-state index in [1.807, 2.05) is 19.1 Å². The average molecular weight is 311 g/mol. The highest BCUT2D eigenvalue weighted by atomic mass is 16.6. The number of aryl methyl sites for hydroxylation is 1. The molecule has 0 bridgehead atoms. The molecule has 0 saturated carbocycles. The molecule has 6 nitrogen and oxygen atoms in total. The fourth-order valence-electron chi connectivity index (χ4n) is 1.93. The lowest BCUT2D eigenvalue weighted by molar-refractivity contribution is -0.384. The summed E-state index contributed by atoms with van der Waals surface area (Å²) < 4.78 is 0. The van der Waals surface area contributed by atoms with Gasteiger partial charge in [0.25, 0.3) is 11.6 Å². The number of hydrogen-bond acceptors (Lipinski definition) is 4. The number of nitro groups is 1. The average Bonchev–Trinajstić information content (AvgIpc) is 2.55. The molecule has 0 aliphatic heterocycles. The third kappa shape index (κ3) is 5.03. The Balaban J connectivity index is 1.80. The van der Waals surface area contributed by atoms with Gasteiger partial charge in [-0.3, -0.25) is 19.9 Å². The maximum absolute atomic E-state index is 11.9. The number of carbonyl (C=O) groups is 1. The highest BCUT2D eigenvalue weighted by Crippen LogP contribution is 2.11. The van der Waals surface area contributed by atoms with Crippen molar-refractivity contribution in [3.63, 3.8) is 0 Å². The molecule has 0 heterocycles. The SMILES string of the molecule is Cc1ccc(C(=O)NCCN=Cc2cccc([N+](=O)[O-])c2)cc1. The van der Waals surface area contributed by atoms with E-state index in [1.165, 1.54) is 12.1 Å². The molecular weight excluding hydrogens is 294 g/mol. The minimum atomic E-state index is -0.445. The third-order valence-corrected chi connectivity index (χ3v) is 3.16. The van der Waals surface area contributed by atoms with E-state index in [4.69, 9.17) is 0 Å². The highest BCUT2D eigenvalue weighted by Gasteiger charge is 2.04. The van der Waals surface area contributed by atoms with Crippen molar-refractivity contribution in [2.24, 2.45) is 4.99 Å². The number of non-ortho nitro benzene ring substituents is 1. The topological polar surface area (TPSA) is 84.6 Å². The van der Waals surface area contributed by atoms with E-state index in [0.717, 1.165) is 5.56 Å². The number of amides is 1. The van der Waals surface area contributed by atoms with Gasteiger partial charge in [-0.1, -0.05) is 29.8 Å². The zero-order valence-electron chi connectivity index (χ0n) is 12.7. The zero-order chi connectivity index (χ0) is 16.7. The molecule has 118 valence electrons. The van der Waals surface area contributed by atoms with Crippen LogP contribution in [0.1, 0.15) is 21.5 Å². The Morgan fingerprint density at radius 1 is 1.26 bits per heavy atom. The van der Waals surface area contributed by atoms with Crippen LogP contribution in [0.3, 0.4) is 0 Å². The molecule has 0 aliphatic carbocycles. The van der Waals surface area contributed by atoms with Crippen LogP contribution in [-0.4, -0.2) is 30.1 Å². The standard InChI is InChI=1S/C17H17N3O3/c1-13-5-7-15(8-6-13)17(21)19-10-9-18-12-14-3-2-4-16(11-14)20(22)23/h2-8,11-12H,9-10H2,1H3,(H,19,21). The van der Waals surface area contributed by atoms with Crippen molar-refractivity contribution < 1.29 is 9.72 Å². The maximum Gasteiger partial charge on any atom is 0.270 e. The van der Waals surface area contributed by atoms with Gasteiger partial charge in [0.1, 0.15) is 0 Å². The lowest BCUT2D eigenvalue weighted by atomic mass is 10.1. The summed E-state index contributed by atoms with van der Waals surface area (Å²) in [6.45, 7) is 2.77. The van der Waals surface area contributed by atoms with E-state index in [2.05, 4.69) is 10.3 Å². The largest absolute Gasteiger partial charge is 0.350 e. The van der Waals surface area contributed by atoms with E-state index in [-0.39, 0.29) is 11.6 Å². The summed E-state index contributed by atoms with van der Waals surface area (Å²) in [4.78, 5) is 26.3. The maximum atomic E-state index is 11.9. The van der Waals surface area contributed by atoms with E-state index < -0.39 is 4.92 Å². The van der Waals surface area contributed by atoms with Gasteiger partial charge in [-0.2, -0.15) is 0 Å². The molecule has 0 spiro atoms. The van der Waals surface area contributed by atoms with Crippen molar-refractivity contribution in [3.05, 3.63) is 75.3 Å². The van der Waals surface area contributed by atoms with Crippen LogP contribution in [0.15, 0.2) is 53.5 Å². The molecule has 0 aromatic heterocycles. The molecular formula is C17H17N3O3. The summed E-state index contributed by atoms with van der Waals surface area (Å²) in [5.41, 5.74) is 2.40. The minimum absolute atomic E-state index is 0.0293. The Morgan fingerprint density at radius 3 is 2.70 bits per heavy atom. The van der Waals surface area contributed by atoms with Crippen LogP contribution in [-0.2, 0) is 0 Å². The van der Waals surface area contributed by atoms with E-state index in [0.29, 0.717) is 24.2 Å². The van der Waals surface area contributed by atoms with Gasteiger partial charge in [0, 0.05) is 30.5 Å². The Hall–Kier alpha value is -3.02. The van der Waals surface area contributed by atoms with Crippen molar-refractivity contribution in [1.29, 1.82) is 0 Å². The number of nitro benzene ring substituents is 1. The summed E-state index contributed by atoms with van der Waals surface area (Å²) in [6.07, 6.45) is 1.56. The molecule has 0 fully saturated rings. The number of aliphatic imine (C=N–C) groups is 1. The van der Waals surface area contributed by atoms with Crippen LogP contribution < -0.4 is 5.32 Å². The third-order valence-electron chi connectivity index (χ3n) is 3.16. The van der Waals surface area contributed by atoms with Crippen LogP contribution in [0.2, 0.25) is 0 Å². The normalized spacial score (nSPS) is 10.7. The van der Waals surface area contributed by atoms with Crippen LogP contribution in [0.5, 0.6) is 0 Å². The molecule has 1 N–H and O–H groups in total. The van der Waals surface area contributed by atoms with Gasteiger partial charge in [-0.15, -0.1) is 0 Å². The van der Waals surface area contributed by atoms with Crippen molar-refractivity contribution in [2.75, 3.05) is 13.1 Å². The second-order valence-electron chi connectivity index (χ2n) is 5.01. The second-order valence-corrected chi connectivity index (χ2v) is 5.01. The molecule has 0 aliphatic rings. The number of nitrogens with zero attached hydrogens (tertiary/aromatic N) is 2. The number of benzene rings is 2. The summed E-state index contributed by atoms with van der Waals surface area (Å²) in [5, 5.41) is 13.4. The number of hydrogen-bond donors (Lipinski definition) is 1. The van der Waals surface area contributed by atoms with Gasteiger partial charge in [0.2, 0.25) is 0 Å². The Bertz CT molecular complexity index is 724. The first kappa shape index (κ1) is 16.4. The predicted molar refractivity (Wildman–Crippen MR) is 89.1 cm³/mol. The summed E-state index contributed by atoms with van der Waals surface area (Å²) in [6, 6.07) is 13.5. The van der Waals surface area contributed by atoms with E-state index in [1.54, 1.807) is 30.5 Å². The molecule has 6 heteroatoms. The van der Waals surface area contributed by atoms with Crippen LogP contribution in [0.25, 0.3) is 0 Å². The van der Waals surface area contributed by atoms with Gasteiger partial charge in [0.05, 0.1) is 11.5 Å². The molecule has 0 radical (unpaired) electrons. The Morgan fingerprint density at radius 2 is 2.00 bits per heavy atom. The first-order chi connectivity index (χ1) is 11.1. The minimum Gasteiger partial charge on any atom is -0.350 e. The van der Waals surface area contributed by atoms with E-state index >= 15 is 0 Å². The van der Waals surface area contributed by atoms with Crippen molar-refractivity contribution >= 4 is 17.8 Å². The first-order valence-electron chi connectivity index (χ1n) is 7.15. The predicted octanol–water partition coefficient (Wildman–Crippen LogP) is 2.75. The molecule has 1 amide bonds. The van der Waals surface area contributed by atoms with Crippen LogP contribution >= 0.6 is 0 Å². The Labute approximate surface area is 134 Å². The zero-order valence-corrected chi connectivity index (χ0v) is 12.7. The van der Waals surface area contributed by atoms with Crippen LogP contribution in [0, 0.1) is 17.0 Å². The fraction of sp³-hybridized carbons (Fsp3) is 0.176. The first-order valence-corrected chi connectivity index (χ1v) is 7.15. The number of nitrogens with one attached hydrogen (secondary N) is 1. The smallest absolute Gasteiger partial charge is 0.270 e. The van der Waals surface area contributed by atoms with Gasteiger partial charge in [-0.25, -0.2) is 0 Å². The molecule has 0 atom stereocenters. The summed E-state index contributed by atoms with van der Waals surface area (Å²) >= 11 is 0. The highest BCUT2D eigenvalue weighted by molar-refractivity contribution is 5.94. The fourth-order valence-corrected chi connectivity index (χ4v) is 1.93. The molecule has 0 unspecified atom stereocenters. The van der Waals surface area contributed by atoms with Crippen LogP contribution in [0.4, 0.5) is 5.69 Å². The number of rotatable bonds is 6. The lowest BCUT2D eigenvalue weighted by Crippen LogP contribution is -2.25.